The minimum Gasteiger partial charge on any atom is -0.380 e. The Balaban J connectivity index is 0.000000323. The molecule has 0 unspecified atom stereocenters. The molecule has 0 bridgehead atoms. The second kappa shape index (κ2) is 11.9. The molecule has 5 rings (SSSR count). The summed E-state index contributed by atoms with van der Waals surface area (Å²) in [6.07, 6.45) is 1.10. The molecule has 38 heavy (non-hydrogen) atoms. The lowest BCUT2D eigenvalue weighted by atomic mass is 10.1. The third-order valence-electron chi connectivity index (χ3n) is 7.34. The summed E-state index contributed by atoms with van der Waals surface area (Å²) in [5, 5.41) is 10.9. The normalized spacial score (nSPS) is 16.7. The highest BCUT2D eigenvalue weighted by Crippen LogP contribution is 2.37. The van der Waals surface area contributed by atoms with Gasteiger partial charge in [0, 0.05) is 49.4 Å². The first kappa shape index (κ1) is 28.2. The molecular weight excluding hydrogens is 496 g/mol. The van der Waals surface area contributed by atoms with Gasteiger partial charge in [-0.15, -0.1) is 11.3 Å². The number of benzene rings is 2. The summed E-state index contributed by atoms with van der Waals surface area (Å²) >= 11 is 1.64. The highest BCUT2D eigenvalue weighted by Gasteiger charge is 2.50. The Hall–Kier alpha value is -2.81. The molecule has 3 aromatic rings. The van der Waals surface area contributed by atoms with Gasteiger partial charge in [-0.1, -0.05) is 31.2 Å². The Morgan fingerprint density at radius 1 is 0.947 bits per heavy atom. The van der Waals surface area contributed by atoms with Crippen molar-refractivity contribution in [1.82, 2.24) is 19.7 Å². The van der Waals surface area contributed by atoms with E-state index in [1.165, 1.54) is 0 Å². The second-order valence-electron chi connectivity index (χ2n) is 10.7. The fourth-order valence-corrected chi connectivity index (χ4v) is 5.97. The van der Waals surface area contributed by atoms with Crippen molar-refractivity contribution >= 4 is 33.4 Å². The Morgan fingerprint density at radius 2 is 1.53 bits per heavy atom. The van der Waals surface area contributed by atoms with Gasteiger partial charge >= 0.3 is 0 Å². The molecule has 0 spiro atoms. The molecule has 0 radical (unpaired) electrons. The summed E-state index contributed by atoms with van der Waals surface area (Å²) in [7, 11) is 0. The van der Waals surface area contributed by atoms with E-state index in [1.807, 2.05) is 42.5 Å². The van der Waals surface area contributed by atoms with Crippen LogP contribution in [0, 0.1) is 0 Å². The van der Waals surface area contributed by atoms with Crippen LogP contribution in [-0.2, 0) is 4.79 Å². The number of rotatable bonds is 6. The maximum absolute atomic E-state index is 12.8. The summed E-state index contributed by atoms with van der Waals surface area (Å²) in [6.45, 7) is 14.2. The number of thiazole rings is 1. The van der Waals surface area contributed by atoms with Gasteiger partial charge in [-0.25, -0.2) is 4.98 Å². The molecule has 1 N–H and O–H groups in total. The fraction of sp³-hybridized carbons (Fsp3) is 0.500. The summed E-state index contributed by atoms with van der Waals surface area (Å²) in [5.74, 6) is -0.220. The van der Waals surface area contributed by atoms with Gasteiger partial charge in [0.15, 0.2) is 0 Å². The molecule has 2 aromatic carbocycles. The number of aromatic nitrogens is 1. The van der Waals surface area contributed by atoms with Gasteiger partial charge in [0.25, 0.3) is 11.8 Å². The molecule has 1 aliphatic carbocycles. The third kappa shape index (κ3) is 6.42. The topological polar surface area (TPSA) is 77.0 Å². The predicted octanol–water partition coefficient (Wildman–Crippen LogP) is 4.90. The Kier molecular flexibility index (Phi) is 8.85. The van der Waals surface area contributed by atoms with E-state index in [9.17, 15) is 14.7 Å². The average molecular weight is 537 g/mol. The number of aliphatic hydroxyl groups is 1. The molecule has 1 aliphatic heterocycles. The van der Waals surface area contributed by atoms with Gasteiger partial charge in [0.05, 0.1) is 10.2 Å². The Labute approximate surface area is 230 Å². The van der Waals surface area contributed by atoms with Crippen LogP contribution in [0.25, 0.3) is 20.8 Å². The van der Waals surface area contributed by atoms with Crippen LogP contribution in [0.5, 0.6) is 0 Å². The van der Waals surface area contributed by atoms with Gasteiger partial charge in [0.2, 0.25) is 0 Å². The van der Waals surface area contributed by atoms with E-state index in [0.29, 0.717) is 56.7 Å². The van der Waals surface area contributed by atoms with Crippen LogP contribution in [0.2, 0.25) is 0 Å². The zero-order chi connectivity index (χ0) is 27.4. The molecule has 1 aromatic heterocycles. The van der Waals surface area contributed by atoms with Crippen LogP contribution in [0.3, 0.4) is 0 Å². The van der Waals surface area contributed by atoms with E-state index < -0.39 is 5.60 Å². The molecule has 2 fully saturated rings. The van der Waals surface area contributed by atoms with E-state index in [0.717, 1.165) is 27.3 Å². The largest absolute Gasteiger partial charge is 0.380 e. The molecule has 2 amide bonds. The van der Waals surface area contributed by atoms with Gasteiger partial charge in [-0.2, -0.15) is 0 Å². The monoisotopic (exact) mass is 536 g/mol. The summed E-state index contributed by atoms with van der Waals surface area (Å²) < 4.78 is 1.14. The molecule has 1 saturated heterocycles. The van der Waals surface area contributed by atoms with Gasteiger partial charge < -0.3 is 14.9 Å². The summed E-state index contributed by atoms with van der Waals surface area (Å²) in [6, 6.07) is 17.0. The molecule has 2 aliphatic rings. The van der Waals surface area contributed by atoms with E-state index >= 15 is 0 Å². The Morgan fingerprint density at radius 3 is 2.03 bits per heavy atom. The van der Waals surface area contributed by atoms with Gasteiger partial charge in [-0.3, -0.25) is 14.5 Å². The highest BCUT2D eigenvalue weighted by atomic mass is 32.1. The minimum atomic E-state index is -1.14. The lowest BCUT2D eigenvalue weighted by Gasteiger charge is -2.35. The van der Waals surface area contributed by atoms with Crippen molar-refractivity contribution in [3.63, 3.8) is 0 Å². The van der Waals surface area contributed by atoms with Crippen LogP contribution < -0.4 is 0 Å². The van der Waals surface area contributed by atoms with Crippen molar-refractivity contribution < 1.29 is 14.7 Å². The number of amides is 2. The molecule has 204 valence electrons. The zero-order valence-electron chi connectivity index (χ0n) is 23.2. The maximum atomic E-state index is 12.8. The zero-order valence-corrected chi connectivity index (χ0v) is 24.0. The van der Waals surface area contributed by atoms with E-state index in [4.69, 9.17) is 0 Å². The first-order chi connectivity index (χ1) is 18.1. The van der Waals surface area contributed by atoms with Crippen LogP contribution in [-0.4, -0.2) is 87.0 Å². The Bertz CT molecular complexity index is 1200. The van der Waals surface area contributed by atoms with Crippen molar-refractivity contribution in [2.45, 2.75) is 65.1 Å². The SMILES string of the molecule is CCN(C(C)C)C(C)C.O=C(c1ccc(-c2nc3ccccc3s2)cc1)N1CCN(C(=O)C2(O)CC2)CC1. The maximum Gasteiger partial charge on any atom is 0.254 e. The molecule has 8 heteroatoms. The van der Waals surface area contributed by atoms with Crippen LogP contribution in [0.1, 0.15) is 57.8 Å². The smallest absolute Gasteiger partial charge is 0.254 e. The molecule has 2 heterocycles. The standard InChI is InChI=1S/C22H21N3O3S.C8H19N/c26-20(24-11-13-25(14-12-24)21(27)22(28)9-10-22)16-7-5-15(6-8-16)19-23-17-3-1-2-4-18(17)29-19;1-6-9(7(2)3)8(4)5/h1-8,28H,9-14H2;7-8H,6H2,1-5H3. The fourth-order valence-electron chi connectivity index (χ4n) is 5.00. The van der Waals surface area contributed by atoms with E-state index in [-0.39, 0.29) is 11.8 Å². The number of carbonyl (C=O) groups is 2. The number of carbonyl (C=O) groups excluding carboxylic acids is 2. The minimum absolute atomic E-state index is 0.0296. The van der Waals surface area contributed by atoms with Crippen molar-refractivity contribution in [3.8, 4) is 10.6 Å². The number of piperazine rings is 1. The number of hydrogen-bond donors (Lipinski definition) is 1. The number of para-hydroxylation sites is 1. The highest BCUT2D eigenvalue weighted by molar-refractivity contribution is 7.21. The number of nitrogens with zero attached hydrogens (tertiary/aromatic N) is 4. The van der Waals surface area contributed by atoms with Crippen molar-refractivity contribution in [2.75, 3.05) is 32.7 Å². The lowest BCUT2D eigenvalue weighted by molar-refractivity contribution is -0.143. The van der Waals surface area contributed by atoms with Gasteiger partial charge in [-0.05, 0) is 71.3 Å². The summed E-state index contributed by atoms with van der Waals surface area (Å²) in [5.41, 5.74) is 1.48. The first-order valence-electron chi connectivity index (χ1n) is 13.7. The van der Waals surface area contributed by atoms with Crippen molar-refractivity contribution in [3.05, 3.63) is 54.1 Å². The van der Waals surface area contributed by atoms with E-state index in [2.05, 4.69) is 50.6 Å². The number of fused-ring (bicyclic) bond motifs is 1. The lowest BCUT2D eigenvalue weighted by Crippen LogP contribution is -2.53. The van der Waals surface area contributed by atoms with Crippen LogP contribution >= 0.6 is 11.3 Å². The van der Waals surface area contributed by atoms with Crippen molar-refractivity contribution in [1.29, 1.82) is 0 Å². The molecule has 0 atom stereocenters. The van der Waals surface area contributed by atoms with Crippen LogP contribution in [0.15, 0.2) is 48.5 Å². The first-order valence-corrected chi connectivity index (χ1v) is 14.5. The van der Waals surface area contributed by atoms with Crippen molar-refractivity contribution in [2.24, 2.45) is 0 Å². The second-order valence-corrected chi connectivity index (χ2v) is 11.7. The number of hydrogen-bond acceptors (Lipinski definition) is 6. The summed E-state index contributed by atoms with van der Waals surface area (Å²) in [4.78, 5) is 35.6. The van der Waals surface area contributed by atoms with E-state index in [1.54, 1.807) is 21.1 Å². The predicted molar refractivity (Wildman–Crippen MR) is 154 cm³/mol. The van der Waals surface area contributed by atoms with Crippen LogP contribution in [0.4, 0.5) is 0 Å². The average Bonchev–Trinajstić information content (AvgIpc) is 3.52. The molecular formula is C30H40N4O3S. The quantitative estimate of drug-likeness (QED) is 0.485. The molecule has 1 saturated carbocycles. The third-order valence-corrected chi connectivity index (χ3v) is 8.43. The van der Waals surface area contributed by atoms with Gasteiger partial charge in [0.1, 0.15) is 10.6 Å². The molecule has 7 nitrogen and oxygen atoms in total.